The Balaban J connectivity index is 2.07. The van der Waals surface area contributed by atoms with Crippen molar-refractivity contribution in [1.29, 1.82) is 0 Å². The molecule has 4 heteroatoms. The number of rotatable bonds is 5. The van der Waals surface area contributed by atoms with Crippen LogP contribution < -0.4 is 5.32 Å². The lowest BCUT2D eigenvalue weighted by molar-refractivity contribution is -0.134. The summed E-state index contributed by atoms with van der Waals surface area (Å²) >= 11 is 0. The normalized spacial score (nSPS) is 9.90. The molecule has 0 saturated carbocycles. The van der Waals surface area contributed by atoms with E-state index in [1.807, 2.05) is 54.6 Å². The maximum atomic E-state index is 11.5. The van der Waals surface area contributed by atoms with Crippen molar-refractivity contribution in [2.24, 2.45) is 0 Å². The quantitative estimate of drug-likeness (QED) is 0.503. The summed E-state index contributed by atoms with van der Waals surface area (Å²) in [5.41, 5.74) is 2.55. The number of nitrogens with one attached hydrogen (secondary N) is 1. The van der Waals surface area contributed by atoms with E-state index in [4.69, 9.17) is 5.11 Å². The number of benzene rings is 2. The third-order valence-corrected chi connectivity index (χ3v) is 3.02. The predicted molar refractivity (Wildman–Crippen MR) is 80.5 cm³/mol. The summed E-state index contributed by atoms with van der Waals surface area (Å²) in [4.78, 5) is 22.2. The van der Waals surface area contributed by atoms with Crippen molar-refractivity contribution in [3.63, 3.8) is 0 Å². The molecule has 4 nitrogen and oxygen atoms in total. The van der Waals surface area contributed by atoms with Crippen LogP contribution in [0.3, 0.4) is 0 Å². The van der Waals surface area contributed by atoms with E-state index < -0.39 is 17.4 Å². The van der Waals surface area contributed by atoms with Crippen LogP contribution in [-0.2, 0) is 16.1 Å². The van der Waals surface area contributed by atoms with Crippen molar-refractivity contribution in [3.05, 3.63) is 72.3 Å². The van der Waals surface area contributed by atoms with Crippen molar-refractivity contribution < 1.29 is 14.7 Å². The summed E-state index contributed by atoms with van der Waals surface area (Å²) in [5, 5.41) is 11.2. The van der Waals surface area contributed by atoms with E-state index in [1.165, 1.54) is 0 Å². The number of hydrogen-bond acceptors (Lipinski definition) is 2. The number of carbonyl (C=O) groups excluding carboxylic acids is 1. The molecule has 0 radical (unpaired) electrons. The number of hydrogen-bond donors (Lipinski definition) is 2. The molecule has 0 heterocycles. The molecule has 0 aliphatic carbocycles. The van der Waals surface area contributed by atoms with Crippen molar-refractivity contribution in [1.82, 2.24) is 5.32 Å². The fourth-order valence-corrected chi connectivity index (χ4v) is 1.88. The monoisotopic (exact) mass is 281 g/mol. The standard InChI is InChI=1S/C17H15NO3/c1-12(17(20)21)16(19)18-11-13-6-5-9-15(10-13)14-7-3-2-4-8-14/h2-10H,1,11H2,(H,18,19)(H,20,21). The Morgan fingerprint density at radius 2 is 1.67 bits per heavy atom. The Hall–Kier alpha value is -2.88. The zero-order valence-electron chi connectivity index (χ0n) is 11.4. The average molecular weight is 281 g/mol. The van der Waals surface area contributed by atoms with Crippen molar-refractivity contribution in [2.45, 2.75) is 6.54 Å². The number of amides is 1. The van der Waals surface area contributed by atoms with Crippen molar-refractivity contribution in [2.75, 3.05) is 0 Å². The lowest BCUT2D eigenvalue weighted by Gasteiger charge is -2.07. The first-order valence-electron chi connectivity index (χ1n) is 6.42. The van der Waals surface area contributed by atoms with Gasteiger partial charge in [0, 0.05) is 6.54 Å². The summed E-state index contributed by atoms with van der Waals surface area (Å²) in [7, 11) is 0. The molecule has 0 aromatic heterocycles. The van der Waals surface area contributed by atoms with Gasteiger partial charge >= 0.3 is 5.97 Å². The third-order valence-electron chi connectivity index (χ3n) is 3.02. The van der Waals surface area contributed by atoms with Gasteiger partial charge in [-0.15, -0.1) is 0 Å². The molecule has 0 saturated heterocycles. The Bertz CT molecular complexity index is 677. The number of carboxylic acid groups (broad SMARTS) is 1. The summed E-state index contributed by atoms with van der Waals surface area (Å²) in [6.07, 6.45) is 0. The van der Waals surface area contributed by atoms with Crippen LogP contribution in [0.5, 0.6) is 0 Å². The van der Waals surface area contributed by atoms with Crippen LogP contribution in [0.25, 0.3) is 11.1 Å². The highest BCUT2D eigenvalue weighted by atomic mass is 16.4. The molecule has 2 N–H and O–H groups in total. The Labute approximate surface area is 122 Å². The van der Waals surface area contributed by atoms with Gasteiger partial charge in [-0.05, 0) is 22.8 Å². The minimum absolute atomic E-state index is 0.256. The molecule has 0 fully saturated rings. The summed E-state index contributed by atoms with van der Waals surface area (Å²) < 4.78 is 0. The minimum Gasteiger partial charge on any atom is -0.478 e. The van der Waals surface area contributed by atoms with Crippen molar-refractivity contribution >= 4 is 11.9 Å². The second-order valence-corrected chi connectivity index (χ2v) is 4.53. The highest BCUT2D eigenvalue weighted by molar-refractivity contribution is 6.14. The molecule has 21 heavy (non-hydrogen) atoms. The third kappa shape index (κ3) is 3.79. The van der Waals surface area contributed by atoms with Gasteiger partial charge in [0.2, 0.25) is 0 Å². The van der Waals surface area contributed by atoms with Gasteiger partial charge in [-0.25, -0.2) is 4.79 Å². The van der Waals surface area contributed by atoms with E-state index in [9.17, 15) is 9.59 Å². The van der Waals surface area contributed by atoms with Gasteiger partial charge in [0.15, 0.2) is 0 Å². The maximum absolute atomic E-state index is 11.5. The van der Waals surface area contributed by atoms with Crippen molar-refractivity contribution in [3.8, 4) is 11.1 Å². The van der Waals surface area contributed by atoms with Crippen LogP contribution in [-0.4, -0.2) is 17.0 Å². The summed E-state index contributed by atoms with van der Waals surface area (Å²) in [6, 6.07) is 17.6. The molecule has 0 atom stereocenters. The topological polar surface area (TPSA) is 66.4 Å². The molecule has 106 valence electrons. The Morgan fingerprint density at radius 1 is 1.00 bits per heavy atom. The van der Waals surface area contributed by atoms with Gasteiger partial charge in [-0.1, -0.05) is 55.1 Å². The second-order valence-electron chi connectivity index (χ2n) is 4.53. The maximum Gasteiger partial charge on any atom is 0.340 e. The van der Waals surface area contributed by atoms with Crippen LogP contribution in [0.2, 0.25) is 0 Å². The lowest BCUT2D eigenvalue weighted by Crippen LogP contribution is -2.27. The highest BCUT2D eigenvalue weighted by Gasteiger charge is 2.13. The zero-order valence-corrected chi connectivity index (χ0v) is 11.4. The van der Waals surface area contributed by atoms with E-state index in [0.717, 1.165) is 16.7 Å². The van der Waals surface area contributed by atoms with E-state index >= 15 is 0 Å². The second kappa shape index (κ2) is 6.52. The average Bonchev–Trinajstić information content (AvgIpc) is 2.53. The van der Waals surface area contributed by atoms with E-state index in [-0.39, 0.29) is 6.54 Å². The number of aliphatic carboxylic acids is 1. The Morgan fingerprint density at radius 3 is 2.33 bits per heavy atom. The van der Waals surface area contributed by atoms with Gasteiger partial charge in [0.25, 0.3) is 5.91 Å². The van der Waals surface area contributed by atoms with Gasteiger partial charge < -0.3 is 10.4 Å². The number of carboxylic acids is 1. The molecular formula is C17H15NO3. The smallest absolute Gasteiger partial charge is 0.340 e. The molecule has 0 spiro atoms. The first-order valence-corrected chi connectivity index (χ1v) is 6.42. The minimum atomic E-state index is -1.31. The summed E-state index contributed by atoms with van der Waals surface area (Å²) in [5.74, 6) is -1.99. The van der Waals surface area contributed by atoms with Crippen LogP contribution in [0.4, 0.5) is 0 Å². The Kier molecular flexibility index (Phi) is 4.51. The van der Waals surface area contributed by atoms with Crippen LogP contribution >= 0.6 is 0 Å². The van der Waals surface area contributed by atoms with Crippen LogP contribution in [0, 0.1) is 0 Å². The van der Waals surface area contributed by atoms with Crippen LogP contribution in [0.15, 0.2) is 66.7 Å². The fourth-order valence-electron chi connectivity index (χ4n) is 1.88. The van der Waals surface area contributed by atoms with Crippen LogP contribution in [0.1, 0.15) is 5.56 Å². The SMILES string of the molecule is C=C(C(=O)O)C(=O)NCc1cccc(-c2ccccc2)c1. The predicted octanol–water partition coefficient (Wildman–Crippen LogP) is 2.61. The van der Waals surface area contributed by atoms with E-state index in [0.29, 0.717) is 0 Å². The molecule has 0 unspecified atom stereocenters. The fraction of sp³-hybridized carbons (Fsp3) is 0.0588. The number of carbonyl (C=O) groups is 2. The molecule has 0 bridgehead atoms. The molecule has 0 aliphatic rings. The lowest BCUT2D eigenvalue weighted by atomic mass is 10.0. The van der Waals surface area contributed by atoms with Gasteiger partial charge in [-0.3, -0.25) is 4.79 Å². The first-order chi connectivity index (χ1) is 10.1. The van der Waals surface area contributed by atoms with Gasteiger partial charge in [0.1, 0.15) is 5.57 Å². The van der Waals surface area contributed by atoms with E-state index in [1.54, 1.807) is 0 Å². The molecule has 2 aromatic carbocycles. The van der Waals surface area contributed by atoms with Gasteiger partial charge in [-0.2, -0.15) is 0 Å². The van der Waals surface area contributed by atoms with E-state index in [2.05, 4.69) is 11.9 Å². The molecule has 0 aliphatic heterocycles. The zero-order chi connectivity index (χ0) is 15.2. The molecule has 2 rings (SSSR count). The molecular weight excluding hydrogens is 266 g/mol. The first kappa shape index (κ1) is 14.5. The van der Waals surface area contributed by atoms with Gasteiger partial charge in [0.05, 0.1) is 0 Å². The highest BCUT2D eigenvalue weighted by Crippen LogP contribution is 2.19. The largest absolute Gasteiger partial charge is 0.478 e. The summed E-state index contributed by atoms with van der Waals surface area (Å²) in [6.45, 7) is 3.48. The molecule has 1 amide bonds. The molecule has 2 aromatic rings.